The minimum Gasteiger partial charge on any atom is -0.331 e. The van der Waals surface area contributed by atoms with Crippen molar-refractivity contribution in [2.75, 3.05) is 4.72 Å². The zero-order valence-electron chi connectivity index (χ0n) is 12.5. The fourth-order valence-corrected chi connectivity index (χ4v) is 3.74. The third-order valence-electron chi connectivity index (χ3n) is 3.47. The maximum atomic E-state index is 13.7. The summed E-state index contributed by atoms with van der Waals surface area (Å²) in [6.45, 7) is 2.66. The molecule has 0 aliphatic rings. The number of pyridine rings is 1. The first kappa shape index (κ1) is 15.5. The van der Waals surface area contributed by atoms with E-state index in [9.17, 15) is 12.8 Å². The second-order valence-electron chi connectivity index (χ2n) is 5.15. The first-order chi connectivity index (χ1) is 11.0. The number of nitrogens with one attached hydrogen (secondary N) is 1. The smallest absolute Gasteiger partial charge is 0.264 e. The summed E-state index contributed by atoms with van der Waals surface area (Å²) in [4.78, 5) is 4.35. The van der Waals surface area contributed by atoms with Crippen molar-refractivity contribution in [1.82, 2.24) is 9.55 Å². The van der Waals surface area contributed by atoms with Crippen LogP contribution in [-0.2, 0) is 16.6 Å². The second-order valence-corrected chi connectivity index (χ2v) is 6.80. The van der Waals surface area contributed by atoms with Crippen LogP contribution in [0.2, 0.25) is 0 Å². The van der Waals surface area contributed by atoms with Gasteiger partial charge in [-0.3, -0.25) is 4.72 Å². The van der Waals surface area contributed by atoms with Gasteiger partial charge in [0.05, 0.1) is 5.69 Å². The van der Waals surface area contributed by atoms with Crippen LogP contribution in [0.3, 0.4) is 0 Å². The Labute approximate surface area is 133 Å². The van der Waals surface area contributed by atoms with Gasteiger partial charge >= 0.3 is 0 Å². The van der Waals surface area contributed by atoms with Gasteiger partial charge in [-0.25, -0.2) is 17.8 Å². The van der Waals surface area contributed by atoms with Gasteiger partial charge in [-0.15, -0.1) is 0 Å². The summed E-state index contributed by atoms with van der Waals surface area (Å²) < 4.78 is 43.2. The highest BCUT2D eigenvalue weighted by Crippen LogP contribution is 2.26. The number of nitrogens with zero attached hydrogens (tertiary/aromatic N) is 2. The second kappa shape index (κ2) is 6.00. The number of halogens is 1. The third kappa shape index (κ3) is 2.92. The summed E-state index contributed by atoms with van der Waals surface area (Å²) in [7, 11) is -3.91. The van der Waals surface area contributed by atoms with E-state index in [2.05, 4.69) is 9.71 Å². The van der Waals surface area contributed by atoms with E-state index < -0.39 is 15.8 Å². The topological polar surface area (TPSA) is 64.0 Å². The average molecular weight is 333 g/mol. The van der Waals surface area contributed by atoms with E-state index >= 15 is 0 Å². The number of aromatic nitrogens is 2. The van der Waals surface area contributed by atoms with Crippen molar-refractivity contribution in [1.29, 1.82) is 0 Å². The van der Waals surface area contributed by atoms with E-state index in [1.165, 1.54) is 18.2 Å². The standard InChI is InChI=1S/C16H16FN3O2S/c1-2-10-20-11-15(12-6-5-9-18-16(12)20)23(21,22)19-14-8-4-3-7-13(14)17/h3-9,11,19H,2,10H2,1H3. The molecule has 0 aliphatic carbocycles. The van der Waals surface area contributed by atoms with E-state index in [0.29, 0.717) is 17.6 Å². The van der Waals surface area contributed by atoms with Crippen LogP contribution in [0.1, 0.15) is 13.3 Å². The van der Waals surface area contributed by atoms with E-state index in [4.69, 9.17) is 0 Å². The Bertz CT molecular complexity index is 951. The molecule has 0 saturated carbocycles. The summed E-state index contributed by atoms with van der Waals surface area (Å²) in [5.74, 6) is -0.619. The molecular weight excluding hydrogens is 317 g/mol. The van der Waals surface area contributed by atoms with E-state index in [-0.39, 0.29) is 10.6 Å². The Balaban J connectivity index is 2.10. The van der Waals surface area contributed by atoms with Gasteiger partial charge in [0.15, 0.2) is 0 Å². The molecule has 23 heavy (non-hydrogen) atoms. The van der Waals surface area contributed by atoms with Crippen LogP contribution in [0, 0.1) is 5.82 Å². The SMILES string of the molecule is CCCn1cc(S(=O)(=O)Nc2ccccc2F)c2cccnc21. The van der Waals surface area contributed by atoms with Crippen molar-refractivity contribution in [3.63, 3.8) is 0 Å². The van der Waals surface area contributed by atoms with Crippen molar-refractivity contribution < 1.29 is 12.8 Å². The molecule has 0 bridgehead atoms. The summed E-state index contributed by atoms with van der Waals surface area (Å²) in [6.07, 6.45) is 4.01. The number of aryl methyl sites for hydroxylation is 1. The Morgan fingerprint density at radius 2 is 2.00 bits per heavy atom. The molecular formula is C16H16FN3O2S. The lowest BCUT2D eigenvalue weighted by Gasteiger charge is -2.07. The highest BCUT2D eigenvalue weighted by atomic mass is 32.2. The van der Waals surface area contributed by atoms with Gasteiger partial charge in [-0.1, -0.05) is 19.1 Å². The van der Waals surface area contributed by atoms with E-state index in [0.717, 1.165) is 6.42 Å². The van der Waals surface area contributed by atoms with Gasteiger partial charge < -0.3 is 4.57 Å². The third-order valence-corrected chi connectivity index (χ3v) is 4.86. The van der Waals surface area contributed by atoms with Crippen molar-refractivity contribution in [2.45, 2.75) is 24.8 Å². The highest BCUT2D eigenvalue weighted by Gasteiger charge is 2.22. The average Bonchev–Trinajstić information content (AvgIpc) is 2.90. The zero-order valence-corrected chi connectivity index (χ0v) is 13.3. The van der Waals surface area contributed by atoms with Crippen LogP contribution < -0.4 is 4.72 Å². The van der Waals surface area contributed by atoms with E-state index in [1.54, 1.807) is 35.2 Å². The minimum atomic E-state index is -3.91. The van der Waals surface area contributed by atoms with Crippen LogP contribution in [0.5, 0.6) is 0 Å². The first-order valence-electron chi connectivity index (χ1n) is 7.24. The van der Waals surface area contributed by atoms with Crippen molar-refractivity contribution in [2.24, 2.45) is 0 Å². The van der Waals surface area contributed by atoms with E-state index in [1.807, 2.05) is 6.92 Å². The van der Waals surface area contributed by atoms with Gasteiger partial charge in [-0.05, 0) is 30.7 Å². The molecule has 1 aromatic carbocycles. The van der Waals surface area contributed by atoms with Crippen LogP contribution in [0.15, 0.2) is 53.7 Å². The molecule has 2 heterocycles. The van der Waals surface area contributed by atoms with Crippen LogP contribution in [0.4, 0.5) is 10.1 Å². The normalized spacial score (nSPS) is 11.7. The molecule has 0 fully saturated rings. The summed E-state index contributed by atoms with van der Waals surface area (Å²) in [5.41, 5.74) is 0.524. The molecule has 0 atom stereocenters. The number of benzene rings is 1. The predicted octanol–water partition coefficient (Wildman–Crippen LogP) is 3.39. The lowest BCUT2D eigenvalue weighted by molar-refractivity contribution is 0.598. The van der Waals surface area contributed by atoms with Gasteiger partial charge in [0.2, 0.25) is 0 Å². The monoisotopic (exact) mass is 333 g/mol. The quantitative estimate of drug-likeness (QED) is 0.778. The predicted molar refractivity (Wildman–Crippen MR) is 87.2 cm³/mol. The number of hydrogen-bond acceptors (Lipinski definition) is 3. The molecule has 0 spiro atoms. The lowest BCUT2D eigenvalue weighted by atomic mass is 10.3. The highest BCUT2D eigenvalue weighted by molar-refractivity contribution is 7.93. The van der Waals surface area contributed by atoms with Crippen molar-refractivity contribution in [3.8, 4) is 0 Å². The van der Waals surface area contributed by atoms with Crippen LogP contribution >= 0.6 is 0 Å². The summed E-state index contributed by atoms with van der Waals surface area (Å²) in [6, 6.07) is 9.05. The molecule has 7 heteroatoms. The Morgan fingerprint density at radius 1 is 1.22 bits per heavy atom. The number of rotatable bonds is 5. The van der Waals surface area contributed by atoms with Crippen LogP contribution in [0.25, 0.3) is 11.0 Å². The number of fused-ring (bicyclic) bond motifs is 1. The first-order valence-corrected chi connectivity index (χ1v) is 8.72. The Hall–Kier alpha value is -2.41. The summed E-state index contributed by atoms with van der Waals surface area (Å²) >= 11 is 0. The van der Waals surface area contributed by atoms with Crippen LogP contribution in [-0.4, -0.2) is 18.0 Å². The summed E-state index contributed by atoms with van der Waals surface area (Å²) in [5, 5.41) is 0.518. The van der Waals surface area contributed by atoms with Gasteiger partial charge in [0.25, 0.3) is 10.0 Å². The molecule has 120 valence electrons. The fraction of sp³-hybridized carbons (Fsp3) is 0.188. The minimum absolute atomic E-state index is 0.0761. The molecule has 1 N–H and O–H groups in total. The van der Waals surface area contributed by atoms with Crippen molar-refractivity contribution in [3.05, 3.63) is 54.6 Å². The number of hydrogen-bond donors (Lipinski definition) is 1. The van der Waals surface area contributed by atoms with Gasteiger partial charge in [0.1, 0.15) is 16.4 Å². The number of para-hydroxylation sites is 1. The largest absolute Gasteiger partial charge is 0.331 e. The van der Waals surface area contributed by atoms with Crippen molar-refractivity contribution >= 4 is 26.7 Å². The number of anilines is 1. The molecule has 0 aliphatic heterocycles. The Kier molecular flexibility index (Phi) is 4.04. The molecule has 5 nitrogen and oxygen atoms in total. The number of sulfonamides is 1. The molecule has 0 radical (unpaired) electrons. The molecule has 0 amide bonds. The molecule has 3 rings (SSSR count). The molecule has 0 saturated heterocycles. The fourth-order valence-electron chi connectivity index (χ4n) is 2.46. The molecule has 2 aromatic heterocycles. The van der Waals surface area contributed by atoms with Gasteiger partial charge in [-0.2, -0.15) is 0 Å². The van der Waals surface area contributed by atoms with Gasteiger partial charge in [0, 0.05) is 24.3 Å². The molecule has 0 unspecified atom stereocenters. The lowest BCUT2D eigenvalue weighted by Crippen LogP contribution is -2.13. The maximum Gasteiger partial charge on any atom is 0.264 e. The molecule has 3 aromatic rings. The Morgan fingerprint density at radius 3 is 2.74 bits per heavy atom. The maximum absolute atomic E-state index is 13.7. The zero-order chi connectivity index (χ0) is 16.4.